The third-order valence-corrected chi connectivity index (χ3v) is 11.0. The fraction of sp³-hybridized carbons (Fsp3) is 0. The minimum atomic E-state index is 0.889. The van der Waals surface area contributed by atoms with Crippen LogP contribution >= 0.6 is 0 Å². The van der Waals surface area contributed by atoms with E-state index in [1.807, 2.05) is 0 Å². The van der Waals surface area contributed by atoms with Gasteiger partial charge in [-0.25, -0.2) is 0 Å². The van der Waals surface area contributed by atoms with Gasteiger partial charge in [0, 0.05) is 10.8 Å². The SMILES string of the molecule is c1ccc(-c2c3ccccc3c(-c3ccc4oc5cccc(-c6c7ccccc7c(-c7ccccc7)c7ccccc67)c5c4c3)c3ccccc23)cc1. The van der Waals surface area contributed by atoms with Crippen molar-refractivity contribution in [3.63, 3.8) is 0 Å². The third-order valence-electron chi connectivity index (χ3n) is 11.0. The van der Waals surface area contributed by atoms with Gasteiger partial charge in [0.05, 0.1) is 0 Å². The van der Waals surface area contributed by atoms with Crippen LogP contribution in [0.15, 0.2) is 199 Å². The average Bonchev–Trinajstić information content (AvgIpc) is 3.61. The Hall–Kier alpha value is -6.96. The maximum atomic E-state index is 6.67. The largest absolute Gasteiger partial charge is 0.456 e. The molecule has 0 bridgehead atoms. The maximum absolute atomic E-state index is 6.67. The molecule has 53 heavy (non-hydrogen) atoms. The lowest BCUT2D eigenvalue weighted by atomic mass is 9.84. The average molecular weight is 673 g/mol. The summed E-state index contributed by atoms with van der Waals surface area (Å²) in [5.74, 6) is 0. The number of rotatable bonds is 4. The lowest BCUT2D eigenvalue weighted by Gasteiger charge is -2.18. The fourth-order valence-corrected chi connectivity index (χ4v) is 8.88. The molecule has 0 saturated carbocycles. The molecular weight excluding hydrogens is 641 g/mol. The highest BCUT2D eigenvalue weighted by Crippen LogP contribution is 2.48. The first-order valence-corrected chi connectivity index (χ1v) is 18.3. The van der Waals surface area contributed by atoms with Gasteiger partial charge in [-0.15, -0.1) is 0 Å². The molecule has 0 N–H and O–H groups in total. The first-order valence-electron chi connectivity index (χ1n) is 18.3. The Labute approximate surface area is 307 Å². The summed E-state index contributed by atoms with van der Waals surface area (Å²) in [6.07, 6.45) is 0. The standard InChI is InChI=1S/C52H32O/c1-3-16-33(17-4-1)48-36-20-7-9-22-38(36)50(39-23-10-8-21-37(39)48)35-30-31-46-45(32-35)52-44(28-15-29-47(52)53-46)51-42-26-13-11-24-40(42)49(34-18-5-2-6-19-34)41-25-12-14-27-43(41)51/h1-32H. The number of benzene rings is 10. The molecule has 0 aliphatic carbocycles. The van der Waals surface area contributed by atoms with Crippen LogP contribution in [0.25, 0.3) is 110 Å². The van der Waals surface area contributed by atoms with Crippen molar-refractivity contribution in [1.29, 1.82) is 0 Å². The van der Waals surface area contributed by atoms with Crippen molar-refractivity contribution < 1.29 is 4.42 Å². The van der Waals surface area contributed by atoms with Gasteiger partial charge < -0.3 is 4.42 Å². The molecule has 11 aromatic rings. The molecular formula is C52H32O. The van der Waals surface area contributed by atoms with Crippen molar-refractivity contribution in [3.05, 3.63) is 194 Å². The summed E-state index contributed by atoms with van der Waals surface area (Å²) in [5.41, 5.74) is 11.6. The highest BCUT2D eigenvalue weighted by molar-refractivity contribution is 6.27. The summed E-state index contributed by atoms with van der Waals surface area (Å²) < 4.78 is 6.67. The van der Waals surface area contributed by atoms with E-state index >= 15 is 0 Å². The van der Waals surface area contributed by atoms with E-state index in [-0.39, 0.29) is 0 Å². The molecule has 10 aromatic carbocycles. The molecule has 1 nitrogen and oxygen atoms in total. The van der Waals surface area contributed by atoms with Gasteiger partial charge in [0.1, 0.15) is 11.2 Å². The second kappa shape index (κ2) is 11.8. The van der Waals surface area contributed by atoms with Crippen molar-refractivity contribution in [2.75, 3.05) is 0 Å². The molecule has 11 rings (SSSR count). The predicted molar refractivity (Wildman–Crippen MR) is 225 cm³/mol. The van der Waals surface area contributed by atoms with Crippen LogP contribution in [0.2, 0.25) is 0 Å². The quantitative estimate of drug-likeness (QED) is 0.170. The summed E-state index contributed by atoms with van der Waals surface area (Å²) in [4.78, 5) is 0. The minimum absolute atomic E-state index is 0.889. The summed E-state index contributed by atoms with van der Waals surface area (Å²) in [5, 5.41) is 12.2. The molecule has 246 valence electrons. The lowest BCUT2D eigenvalue weighted by molar-refractivity contribution is 0.669. The number of hydrogen-bond acceptors (Lipinski definition) is 1. The van der Waals surface area contributed by atoms with Gasteiger partial charge >= 0.3 is 0 Å². The Morgan fingerprint density at radius 1 is 0.245 bits per heavy atom. The van der Waals surface area contributed by atoms with Crippen molar-refractivity contribution in [2.45, 2.75) is 0 Å². The van der Waals surface area contributed by atoms with Crippen LogP contribution in [0, 0.1) is 0 Å². The van der Waals surface area contributed by atoms with Crippen LogP contribution in [-0.4, -0.2) is 0 Å². The van der Waals surface area contributed by atoms with Crippen LogP contribution in [0.1, 0.15) is 0 Å². The Balaban J connectivity index is 1.23. The van der Waals surface area contributed by atoms with E-state index in [2.05, 4.69) is 194 Å². The molecule has 0 radical (unpaired) electrons. The summed E-state index contributed by atoms with van der Waals surface area (Å²) >= 11 is 0. The smallest absolute Gasteiger partial charge is 0.136 e. The normalized spacial score (nSPS) is 11.8. The van der Waals surface area contributed by atoms with Crippen molar-refractivity contribution >= 4 is 65.0 Å². The Morgan fingerprint density at radius 2 is 0.642 bits per heavy atom. The van der Waals surface area contributed by atoms with Crippen molar-refractivity contribution in [2.24, 2.45) is 0 Å². The lowest BCUT2D eigenvalue weighted by Crippen LogP contribution is -1.91. The maximum Gasteiger partial charge on any atom is 0.136 e. The first kappa shape index (κ1) is 29.7. The Morgan fingerprint density at radius 3 is 1.09 bits per heavy atom. The number of furan rings is 1. The molecule has 1 heteroatoms. The molecule has 0 fully saturated rings. The van der Waals surface area contributed by atoms with Gasteiger partial charge in [-0.1, -0.05) is 176 Å². The molecule has 0 amide bonds. The molecule has 0 unspecified atom stereocenters. The third kappa shape index (κ3) is 4.51. The molecule has 0 atom stereocenters. The van der Waals surface area contributed by atoms with E-state index in [4.69, 9.17) is 4.42 Å². The van der Waals surface area contributed by atoms with Gasteiger partial charge in [-0.3, -0.25) is 0 Å². The summed E-state index contributed by atoms with van der Waals surface area (Å²) in [7, 11) is 0. The van der Waals surface area contributed by atoms with E-state index in [9.17, 15) is 0 Å². The molecule has 0 aliphatic rings. The van der Waals surface area contributed by atoms with E-state index in [0.717, 1.165) is 21.9 Å². The fourth-order valence-electron chi connectivity index (χ4n) is 8.88. The van der Waals surface area contributed by atoms with Gasteiger partial charge in [0.2, 0.25) is 0 Å². The molecule has 0 saturated heterocycles. The number of fused-ring (bicyclic) bond motifs is 7. The zero-order chi connectivity index (χ0) is 34.9. The van der Waals surface area contributed by atoms with Crippen LogP contribution in [0.3, 0.4) is 0 Å². The van der Waals surface area contributed by atoms with Gasteiger partial charge in [-0.05, 0) is 106 Å². The van der Waals surface area contributed by atoms with Crippen LogP contribution in [0.5, 0.6) is 0 Å². The predicted octanol–water partition coefficient (Wildman–Crippen LogP) is 14.9. The van der Waals surface area contributed by atoms with Crippen LogP contribution < -0.4 is 0 Å². The highest BCUT2D eigenvalue weighted by Gasteiger charge is 2.22. The van der Waals surface area contributed by atoms with E-state index in [1.165, 1.54) is 87.6 Å². The zero-order valence-corrected chi connectivity index (χ0v) is 28.9. The molecule has 1 heterocycles. The van der Waals surface area contributed by atoms with E-state index in [0.29, 0.717) is 0 Å². The Bertz CT molecular complexity index is 3090. The molecule has 0 aliphatic heterocycles. The van der Waals surface area contributed by atoms with Gasteiger partial charge in [0.25, 0.3) is 0 Å². The minimum Gasteiger partial charge on any atom is -0.456 e. The van der Waals surface area contributed by atoms with E-state index in [1.54, 1.807) is 0 Å². The summed E-state index contributed by atoms with van der Waals surface area (Å²) in [6, 6.07) is 70.3. The molecule has 1 aromatic heterocycles. The topological polar surface area (TPSA) is 13.1 Å². The molecule has 0 spiro atoms. The highest BCUT2D eigenvalue weighted by atomic mass is 16.3. The number of hydrogen-bond donors (Lipinski definition) is 0. The van der Waals surface area contributed by atoms with E-state index < -0.39 is 0 Å². The second-order valence-electron chi connectivity index (χ2n) is 13.9. The van der Waals surface area contributed by atoms with Crippen molar-refractivity contribution in [3.8, 4) is 44.5 Å². The Kier molecular flexibility index (Phi) is 6.62. The monoisotopic (exact) mass is 672 g/mol. The van der Waals surface area contributed by atoms with Gasteiger partial charge in [-0.2, -0.15) is 0 Å². The first-order chi connectivity index (χ1) is 26.3. The summed E-state index contributed by atoms with van der Waals surface area (Å²) in [6.45, 7) is 0. The van der Waals surface area contributed by atoms with Crippen LogP contribution in [0.4, 0.5) is 0 Å². The van der Waals surface area contributed by atoms with Crippen LogP contribution in [-0.2, 0) is 0 Å². The van der Waals surface area contributed by atoms with Crippen molar-refractivity contribution in [1.82, 2.24) is 0 Å². The zero-order valence-electron chi connectivity index (χ0n) is 28.9. The van der Waals surface area contributed by atoms with Gasteiger partial charge in [0.15, 0.2) is 0 Å². The second-order valence-corrected chi connectivity index (χ2v) is 13.9.